The first-order valence-corrected chi connectivity index (χ1v) is 5.16. The van der Waals surface area contributed by atoms with Crippen molar-refractivity contribution in [3.05, 3.63) is 22.8 Å². The van der Waals surface area contributed by atoms with E-state index in [0.717, 1.165) is 22.6 Å². The van der Waals surface area contributed by atoms with Crippen LogP contribution < -0.4 is 9.47 Å². The molecule has 0 bridgehead atoms. The van der Waals surface area contributed by atoms with Crippen LogP contribution in [0.5, 0.6) is 11.5 Å². The molecular formula is C12H16O3. The van der Waals surface area contributed by atoms with Gasteiger partial charge in [0.05, 0.1) is 6.10 Å². The van der Waals surface area contributed by atoms with Crippen LogP contribution in [0.1, 0.15) is 23.6 Å². The van der Waals surface area contributed by atoms with Crippen LogP contribution >= 0.6 is 0 Å². The predicted octanol–water partition coefficient (Wildman–Crippen LogP) is 1.96. The van der Waals surface area contributed by atoms with Gasteiger partial charge < -0.3 is 14.6 Å². The Labute approximate surface area is 89.6 Å². The molecule has 0 spiro atoms. The summed E-state index contributed by atoms with van der Waals surface area (Å²) >= 11 is 0. The molecule has 1 aromatic carbocycles. The van der Waals surface area contributed by atoms with Gasteiger partial charge in [-0.1, -0.05) is 6.07 Å². The van der Waals surface area contributed by atoms with Crippen molar-refractivity contribution < 1.29 is 14.6 Å². The topological polar surface area (TPSA) is 38.7 Å². The second-order valence-corrected chi connectivity index (χ2v) is 4.10. The standard InChI is InChI=1S/C12H16O3/c1-7-4-10(5-8(2)13)12-11(9(7)3)14-6-15-12/h4,8,13H,5-6H2,1-3H3. The highest BCUT2D eigenvalue weighted by Gasteiger charge is 2.22. The molecule has 82 valence electrons. The van der Waals surface area contributed by atoms with Crippen LogP contribution in [0.25, 0.3) is 0 Å². The molecular weight excluding hydrogens is 192 g/mol. The number of ether oxygens (including phenoxy) is 2. The summed E-state index contributed by atoms with van der Waals surface area (Å²) in [5, 5.41) is 9.40. The van der Waals surface area contributed by atoms with Crippen molar-refractivity contribution in [3.8, 4) is 11.5 Å². The zero-order chi connectivity index (χ0) is 11.0. The van der Waals surface area contributed by atoms with E-state index in [9.17, 15) is 5.11 Å². The van der Waals surface area contributed by atoms with Gasteiger partial charge in [0.1, 0.15) is 0 Å². The van der Waals surface area contributed by atoms with Gasteiger partial charge in [-0.3, -0.25) is 0 Å². The molecule has 3 nitrogen and oxygen atoms in total. The molecule has 1 heterocycles. The van der Waals surface area contributed by atoms with Crippen LogP contribution in [0.3, 0.4) is 0 Å². The van der Waals surface area contributed by atoms with Gasteiger partial charge in [0, 0.05) is 12.0 Å². The molecule has 0 saturated heterocycles. The molecule has 0 fully saturated rings. The summed E-state index contributed by atoms with van der Waals surface area (Å²) < 4.78 is 10.9. The highest BCUT2D eigenvalue weighted by atomic mass is 16.7. The van der Waals surface area contributed by atoms with Gasteiger partial charge in [-0.05, 0) is 31.9 Å². The minimum absolute atomic E-state index is 0.284. The lowest BCUT2D eigenvalue weighted by molar-refractivity contribution is 0.169. The molecule has 2 rings (SSSR count). The molecule has 3 heteroatoms. The Morgan fingerprint density at radius 1 is 1.33 bits per heavy atom. The maximum Gasteiger partial charge on any atom is 0.231 e. The van der Waals surface area contributed by atoms with Crippen LogP contribution in [0.15, 0.2) is 6.07 Å². The number of benzene rings is 1. The number of aryl methyl sites for hydroxylation is 1. The Hall–Kier alpha value is -1.22. The second-order valence-electron chi connectivity index (χ2n) is 4.10. The third-order valence-electron chi connectivity index (χ3n) is 2.74. The molecule has 0 aromatic heterocycles. The van der Waals surface area contributed by atoms with Crippen molar-refractivity contribution in [2.75, 3.05) is 6.79 Å². The Bertz CT molecular complexity index is 383. The van der Waals surface area contributed by atoms with Crippen LogP contribution in [-0.4, -0.2) is 18.0 Å². The van der Waals surface area contributed by atoms with E-state index < -0.39 is 0 Å². The lowest BCUT2D eigenvalue weighted by Crippen LogP contribution is -2.05. The number of rotatable bonds is 2. The van der Waals surface area contributed by atoms with E-state index in [1.54, 1.807) is 6.92 Å². The summed E-state index contributed by atoms with van der Waals surface area (Å²) in [6, 6.07) is 2.07. The number of aliphatic hydroxyl groups is 1. The fourth-order valence-electron chi connectivity index (χ4n) is 1.88. The van der Waals surface area contributed by atoms with Crippen LogP contribution in [-0.2, 0) is 6.42 Å². The first-order chi connectivity index (χ1) is 7.09. The molecule has 1 unspecified atom stereocenters. The van der Waals surface area contributed by atoms with E-state index in [-0.39, 0.29) is 12.9 Å². The van der Waals surface area contributed by atoms with Gasteiger partial charge in [0.15, 0.2) is 11.5 Å². The second kappa shape index (κ2) is 3.74. The van der Waals surface area contributed by atoms with Gasteiger partial charge in [-0.25, -0.2) is 0 Å². The molecule has 0 amide bonds. The van der Waals surface area contributed by atoms with E-state index >= 15 is 0 Å². The van der Waals surface area contributed by atoms with Gasteiger partial charge >= 0.3 is 0 Å². The Kier molecular flexibility index (Phi) is 2.57. The summed E-state index contributed by atoms with van der Waals surface area (Å²) in [7, 11) is 0. The number of fused-ring (bicyclic) bond motifs is 1. The van der Waals surface area contributed by atoms with Gasteiger partial charge in [-0.2, -0.15) is 0 Å². The van der Waals surface area contributed by atoms with Crippen LogP contribution in [0.4, 0.5) is 0 Å². The van der Waals surface area contributed by atoms with Gasteiger partial charge in [-0.15, -0.1) is 0 Å². The number of hydrogen-bond acceptors (Lipinski definition) is 3. The summed E-state index contributed by atoms with van der Waals surface area (Å²) in [6.07, 6.45) is 0.243. The smallest absolute Gasteiger partial charge is 0.231 e. The van der Waals surface area contributed by atoms with E-state index in [2.05, 4.69) is 6.07 Å². The van der Waals surface area contributed by atoms with Crippen molar-refractivity contribution >= 4 is 0 Å². The van der Waals surface area contributed by atoms with Crippen molar-refractivity contribution in [3.63, 3.8) is 0 Å². The Balaban J connectivity index is 2.47. The minimum atomic E-state index is -0.361. The maximum absolute atomic E-state index is 9.40. The SMILES string of the molecule is Cc1cc(CC(C)O)c2c(c1C)OCO2. The fourth-order valence-corrected chi connectivity index (χ4v) is 1.88. The fraction of sp³-hybridized carbons (Fsp3) is 0.500. The van der Waals surface area contributed by atoms with Gasteiger partial charge in [0.2, 0.25) is 6.79 Å². The zero-order valence-electron chi connectivity index (χ0n) is 9.33. The Morgan fingerprint density at radius 3 is 2.67 bits per heavy atom. The quantitative estimate of drug-likeness (QED) is 0.807. The lowest BCUT2D eigenvalue weighted by atomic mass is 10.00. The monoisotopic (exact) mass is 208 g/mol. The summed E-state index contributed by atoms with van der Waals surface area (Å²) in [5.74, 6) is 1.64. The molecule has 1 atom stereocenters. The number of hydrogen-bond donors (Lipinski definition) is 1. The van der Waals surface area contributed by atoms with Crippen molar-refractivity contribution in [1.82, 2.24) is 0 Å². The van der Waals surface area contributed by atoms with Crippen molar-refractivity contribution in [1.29, 1.82) is 0 Å². The molecule has 1 aromatic rings. The third kappa shape index (κ3) is 1.79. The molecule has 0 saturated carbocycles. The number of aliphatic hydroxyl groups excluding tert-OH is 1. The molecule has 15 heavy (non-hydrogen) atoms. The maximum atomic E-state index is 9.40. The van der Waals surface area contributed by atoms with Crippen molar-refractivity contribution in [2.24, 2.45) is 0 Å². The normalized spacial score (nSPS) is 15.5. The van der Waals surface area contributed by atoms with Crippen LogP contribution in [0.2, 0.25) is 0 Å². The highest BCUT2D eigenvalue weighted by molar-refractivity contribution is 5.56. The van der Waals surface area contributed by atoms with E-state index in [1.807, 2.05) is 13.8 Å². The molecule has 0 radical (unpaired) electrons. The third-order valence-corrected chi connectivity index (χ3v) is 2.74. The summed E-state index contributed by atoms with van der Waals surface area (Å²) in [5.41, 5.74) is 3.33. The lowest BCUT2D eigenvalue weighted by Gasteiger charge is -2.11. The average molecular weight is 208 g/mol. The molecule has 1 N–H and O–H groups in total. The largest absolute Gasteiger partial charge is 0.453 e. The van der Waals surface area contributed by atoms with Crippen LogP contribution in [0, 0.1) is 13.8 Å². The molecule has 0 aliphatic carbocycles. The summed E-state index contributed by atoms with van der Waals surface area (Å²) in [6.45, 7) is 6.13. The Morgan fingerprint density at radius 2 is 2.00 bits per heavy atom. The van der Waals surface area contributed by atoms with Crippen molar-refractivity contribution in [2.45, 2.75) is 33.3 Å². The van der Waals surface area contributed by atoms with E-state index in [1.165, 1.54) is 5.56 Å². The first kappa shape index (κ1) is 10.3. The van der Waals surface area contributed by atoms with E-state index in [0.29, 0.717) is 6.42 Å². The highest BCUT2D eigenvalue weighted by Crippen LogP contribution is 2.40. The van der Waals surface area contributed by atoms with Gasteiger partial charge in [0.25, 0.3) is 0 Å². The first-order valence-electron chi connectivity index (χ1n) is 5.16. The summed E-state index contributed by atoms with van der Waals surface area (Å²) in [4.78, 5) is 0. The van der Waals surface area contributed by atoms with E-state index in [4.69, 9.17) is 9.47 Å². The average Bonchev–Trinajstić information content (AvgIpc) is 2.61. The molecule has 1 aliphatic heterocycles. The minimum Gasteiger partial charge on any atom is -0.453 e. The molecule has 1 aliphatic rings. The predicted molar refractivity (Wildman–Crippen MR) is 57.4 cm³/mol. The zero-order valence-corrected chi connectivity index (χ0v) is 9.33.